The number of nitrogens with one attached hydrogen (secondary N) is 1. The molecule has 0 radical (unpaired) electrons. The van der Waals surface area contributed by atoms with Crippen LogP contribution in [0.2, 0.25) is 0 Å². The topological polar surface area (TPSA) is 58.6 Å². The van der Waals surface area contributed by atoms with Crippen molar-refractivity contribution < 1.29 is 14.6 Å². The van der Waals surface area contributed by atoms with Gasteiger partial charge in [-0.25, -0.2) is 0 Å². The highest BCUT2D eigenvalue weighted by Crippen LogP contribution is 2.10. The largest absolute Gasteiger partial charge is 0.508 e. The molecule has 0 saturated carbocycles. The van der Waals surface area contributed by atoms with Crippen LogP contribution in [0, 0.1) is 0 Å². The first-order valence-electron chi connectivity index (χ1n) is 5.76. The molecule has 0 bridgehead atoms. The van der Waals surface area contributed by atoms with Crippen LogP contribution in [0.15, 0.2) is 24.3 Å². The van der Waals surface area contributed by atoms with E-state index in [0.717, 1.165) is 12.8 Å². The molecule has 94 valence electrons. The number of benzene rings is 1. The van der Waals surface area contributed by atoms with Crippen molar-refractivity contribution in [2.45, 2.75) is 25.8 Å². The minimum Gasteiger partial charge on any atom is -0.508 e. The van der Waals surface area contributed by atoms with Crippen LogP contribution in [0.1, 0.15) is 30.1 Å². The van der Waals surface area contributed by atoms with Crippen LogP contribution < -0.4 is 5.32 Å². The summed E-state index contributed by atoms with van der Waals surface area (Å²) in [7, 11) is 1.62. The number of carbonyl (C=O) groups excluding carboxylic acids is 1. The Balaban J connectivity index is 2.60. The van der Waals surface area contributed by atoms with E-state index in [4.69, 9.17) is 9.84 Å². The number of methoxy groups -OCH3 is 1. The van der Waals surface area contributed by atoms with Gasteiger partial charge >= 0.3 is 0 Å². The summed E-state index contributed by atoms with van der Waals surface area (Å²) in [5, 5.41) is 12.0. The van der Waals surface area contributed by atoms with Gasteiger partial charge in [0.1, 0.15) is 5.75 Å². The van der Waals surface area contributed by atoms with Gasteiger partial charge in [0.2, 0.25) is 0 Å². The van der Waals surface area contributed by atoms with Crippen molar-refractivity contribution in [1.82, 2.24) is 5.32 Å². The van der Waals surface area contributed by atoms with Crippen LogP contribution in [0.4, 0.5) is 0 Å². The van der Waals surface area contributed by atoms with Crippen molar-refractivity contribution in [2.24, 2.45) is 0 Å². The van der Waals surface area contributed by atoms with Gasteiger partial charge in [0.25, 0.3) is 5.91 Å². The average molecular weight is 237 g/mol. The molecule has 0 aromatic heterocycles. The molecule has 1 unspecified atom stereocenters. The van der Waals surface area contributed by atoms with Crippen LogP contribution in [-0.2, 0) is 4.74 Å². The summed E-state index contributed by atoms with van der Waals surface area (Å²) in [5.74, 6) is 0.0176. The number of aromatic hydroxyl groups is 1. The second kappa shape index (κ2) is 6.91. The van der Waals surface area contributed by atoms with Crippen molar-refractivity contribution in [3.63, 3.8) is 0 Å². The van der Waals surface area contributed by atoms with Crippen molar-refractivity contribution in [2.75, 3.05) is 13.7 Å². The van der Waals surface area contributed by atoms with Crippen molar-refractivity contribution in [3.05, 3.63) is 29.8 Å². The molecular weight excluding hydrogens is 218 g/mol. The number of hydrogen-bond acceptors (Lipinski definition) is 3. The fraction of sp³-hybridized carbons (Fsp3) is 0.462. The zero-order valence-electron chi connectivity index (χ0n) is 10.3. The molecule has 1 atom stereocenters. The third kappa shape index (κ3) is 4.44. The van der Waals surface area contributed by atoms with Gasteiger partial charge < -0.3 is 15.2 Å². The highest BCUT2D eigenvalue weighted by molar-refractivity contribution is 5.94. The van der Waals surface area contributed by atoms with Crippen molar-refractivity contribution >= 4 is 5.91 Å². The number of phenolic OH excluding ortho intramolecular Hbond substituents is 1. The fourth-order valence-electron chi connectivity index (χ4n) is 1.63. The van der Waals surface area contributed by atoms with E-state index in [0.29, 0.717) is 12.2 Å². The maximum absolute atomic E-state index is 11.9. The van der Waals surface area contributed by atoms with Gasteiger partial charge in [0.15, 0.2) is 0 Å². The van der Waals surface area contributed by atoms with E-state index in [-0.39, 0.29) is 17.7 Å². The summed E-state index contributed by atoms with van der Waals surface area (Å²) in [5.41, 5.74) is 0.542. The molecule has 0 spiro atoms. The fourth-order valence-corrected chi connectivity index (χ4v) is 1.63. The molecule has 0 heterocycles. The van der Waals surface area contributed by atoms with Crippen molar-refractivity contribution in [1.29, 1.82) is 0 Å². The molecule has 1 aromatic rings. The predicted molar refractivity (Wildman–Crippen MR) is 66.1 cm³/mol. The molecule has 0 aliphatic carbocycles. The van der Waals surface area contributed by atoms with Crippen LogP contribution in [0.5, 0.6) is 5.75 Å². The Morgan fingerprint density at radius 2 is 2.06 bits per heavy atom. The van der Waals surface area contributed by atoms with Gasteiger partial charge in [-0.05, 0) is 30.7 Å². The summed E-state index contributed by atoms with van der Waals surface area (Å²) in [6.07, 6.45) is 1.88. The first kappa shape index (κ1) is 13.5. The van der Waals surface area contributed by atoms with Crippen LogP contribution in [0.25, 0.3) is 0 Å². The first-order valence-corrected chi connectivity index (χ1v) is 5.76. The van der Waals surface area contributed by atoms with Crippen LogP contribution in [0.3, 0.4) is 0 Å². The van der Waals surface area contributed by atoms with E-state index in [1.165, 1.54) is 12.1 Å². The Kier molecular flexibility index (Phi) is 5.49. The lowest BCUT2D eigenvalue weighted by molar-refractivity contribution is 0.0891. The normalized spacial score (nSPS) is 12.1. The second-order valence-corrected chi connectivity index (χ2v) is 3.96. The minimum atomic E-state index is -0.138. The van der Waals surface area contributed by atoms with Gasteiger partial charge in [-0.15, -0.1) is 0 Å². The van der Waals surface area contributed by atoms with Crippen LogP contribution in [-0.4, -0.2) is 30.8 Å². The smallest absolute Gasteiger partial charge is 0.251 e. The Labute approximate surface area is 102 Å². The molecule has 0 saturated heterocycles. The van der Waals surface area contributed by atoms with Gasteiger partial charge in [-0.1, -0.05) is 13.3 Å². The van der Waals surface area contributed by atoms with E-state index in [2.05, 4.69) is 12.2 Å². The number of amides is 1. The van der Waals surface area contributed by atoms with E-state index in [1.807, 2.05) is 0 Å². The average Bonchev–Trinajstić information content (AvgIpc) is 2.30. The lowest BCUT2D eigenvalue weighted by Crippen LogP contribution is -2.37. The predicted octanol–water partition coefficient (Wildman–Crippen LogP) is 1.94. The summed E-state index contributed by atoms with van der Waals surface area (Å²) < 4.78 is 5.06. The van der Waals surface area contributed by atoms with Gasteiger partial charge in [0, 0.05) is 12.7 Å². The Morgan fingerprint density at radius 1 is 1.41 bits per heavy atom. The quantitative estimate of drug-likeness (QED) is 0.795. The molecule has 17 heavy (non-hydrogen) atoms. The molecule has 4 heteroatoms. The summed E-state index contributed by atoms with van der Waals surface area (Å²) in [6.45, 7) is 2.58. The number of rotatable bonds is 6. The van der Waals surface area contributed by atoms with Gasteiger partial charge in [-0.3, -0.25) is 4.79 Å². The molecule has 2 N–H and O–H groups in total. The van der Waals surface area contributed by atoms with E-state index >= 15 is 0 Å². The minimum absolute atomic E-state index is 0.0336. The molecule has 0 aliphatic heterocycles. The van der Waals surface area contributed by atoms with Gasteiger partial charge in [0.05, 0.1) is 12.6 Å². The first-order chi connectivity index (χ1) is 8.17. The van der Waals surface area contributed by atoms with E-state index < -0.39 is 0 Å². The molecule has 4 nitrogen and oxygen atoms in total. The van der Waals surface area contributed by atoms with E-state index in [1.54, 1.807) is 19.2 Å². The summed E-state index contributed by atoms with van der Waals surface area (Å²) in [4.78, 5) is 11.9. The summed E-state index contributed by atoms with van der Waals surface area (Å²) in [6, 6.07) is 6.23. The van der Waals surface area contributed by atoms with Crippen molar-refractivity contribution in [3.8, 4) is 5.75 Å². The zero-order valence-corrected chi connectivity index (χ0v) is 10.3. The van der Waals surface area contributed by atoms with E-state index in [9.17, 15) is 4.79 Å². The molecule has 1 rings (SSSR count). The number of hydrogen-bond donors (Lipinski definition) is 2. The number of carbonyl (C=O) groups is 1. The highest BCUT2D eigenvalue weighted by Gasteiger charge is 2.12. The molecule has 0 aliphatic rings. The summed E-state index contributed by atoms with van der Waals surface area (Å²) >= 11 is 0. The lowest BCUT2D eigenvalue weighted by Gasteiger charge is -2.17. The Bertz CT molecular complexity index is 342. The highest BCUT2D eigenvalue weighted by atomic mass is 16.5. The third-order valence-electron chi connectivity index (χ3n) is 2.47. The SMILES string of the molecule is CCCC(COC)NC(=O)c1ccc(O)cc1. The Hall–Kier alpha value is -1.55. The number of phenols is 1. The Morgan fingerprint density at radius 3 is 2.59 bits per heavy atom. The van der Waals surface area contributed by atoms with Gasteiger partial charge in [-0.2, -0.15) is 0 Å². The third-order valence-corrected chi connectivity index (χ3v) is 2.47. The number of ether oxygens (including phenoxy) is 1. The standard InChI is InChI=1S/C13H19NO3/c1-3-4-11(9-17-2)14-13(16)10-5-7-12(15)8-6-10/h5-8,11,15H,3-4,9H2,1-2H3,(H,14,16). The maximum Gasteiger partial charge on any atom is 0.251 e. The zero-order chi connectivity index (χ0) is 12.7. The second-order valence-electron chi connectivity index (χ2n) is 3.96. The molecule has 1 aromatic carbocycles. The molecule has 1 amide bonds. The molecular formula is C13H19NO3. The molecule has 0 fully saturated rings. The maximum atomic E-state index is 11.9. The monoisotopic (exact) mass is 237 g/mol. The van der Waals surface area contributed by atoms with Crippen LogP contribution >= 0.6 is 0 Å². The lowest BCUT2D eigenvalue weighted by atomic mass is 10.1.